The van der Waals surface area contributed by atoms with Crippen molar-refractivity contribution in [2.75, 3.05) is 33.3 Å². The molecule has 2 rings (SSSR count). The minimum absolute atomic E-state index is 0.0128. The van der Waals surface area contributed by atoms with Crippen LogP contribution in [0, 0.1) is 12.8 Å². The smallest absolute Gasteiger partial charge is 0.227 e. The minimum Gasteiger partial charge on any atom is -0.496 e. The number of nitrogens with zero attached hydrogens (tertiary/aromatic N) is 2. The molecule has 5 nitrogen and oxygen atoms in total. The zero-order chi connectivity index (χ0) is 18.6. The molecule has 1 aliphatic rings. The van der Waals surface area contributed by atoms with Gasteiger partial charge in [-0.2, -0.15) is 0 Å². The summed E-state index contributed by atoms with van der Waals surface area (Å²) in [5.74, 6) is 0.862. The summed E-state index contributed by atoms with van der Waals surface area (Å²) in [7, 11) is 1.60. The van der Waals surface area contributed by atoms with Gasteiger partial charge in [0.05, 0.1) is 13.5 Å². The molecular weight excluding hydrogens is 340 g/mol. The molecule has 0 atom stereocenters. The van der Waals surface area contributed by atoms with Crippen LogP contribution in [0.3, 0.4) is 0 Å². The lowest BCUT2D eigenvalue weighted by Gasteiger charge is -2.24. The Hall–Kier alpha value is -1.75. The van der Waals surface area contributed by atoms with Crippen molar-refractivity contribution in [1.82, 2.24) is 9.80 Å². The summed E-state index contributed by atoms with van der Waals surface area (Å²) in [4.78, 5) is 28.6. The Balaban J connectivity index is 2.04. The molecule has 25 heavy (non-hydrogen) atoms. The van der Waals surface area contributed by atoms with Crippen LogP contribution in [0.5, 0.6) is 5.75 Å². The first-order chi connectivity index (χ1) is 11.8. The third kappa shape index (κ3) is 4.88. The molecule has 6 heteroatoms. The first kappa shape index (κ1) is 19.6. The second kappa shape index (κ2) is 8.56. The highest BCUT2D eigenvalue weighted by molar-refractivity contribution is 6.31. The van der Waals surface area contributed by atoms with Crippen LogP contribution < -0.4 is 4.74 Å². The Bertz CT molecular complexity index is 646. The van der Waals surface area contributed by atoms with E-state index in [1.165, 1.54) is 0 Å². The number of aryl methyl sites for hydroxylation is 1. The summed E-state index contributed by atoms with van der Waals surface area (Å²) in [6, 6.07) is 3.66. The maximum absolute atomic E-state index is 12.7. The third-order valence-corrected chi connectivity index (χ3v) is 4.96. The van der Waals surface area contributed by atoms with E-state index in [1.807, 2.05) is 36.6 Å². The summed E-state index contributed by atoms with van der Waals surface area (Å²) in [6.07, 6.45) is 1.05. The summed E-state index contributed by atoms with van der Waals surface area (Å²) >= 11 is 6.20. The number of hydrogen-bond donors (Lipinski definition) is 0. The maximum Gasteiger partial charge on any atom is 0.227 e. The standard InChI is InChI=1S/C19H27ClN2O3/c1-13(2)19(24)22-7-5-6-21(8-9-22)18(23)12-15-11-16(20)14(3)10-17(15)25-4/h10-11,13H,5-9,12H2,1-4H3. The Labute approximate surface area is 154 Å². The van der Waals surface area contributed by atoms with E-state index in [-0.39, 0.29) is 24.2 Å². The van der Waals surface area contributed by atoms with Gasteiger partial charge in [0.15, 0.2) is 0 Å². The molecule has 0 unspecified atom stereocenters. The van der Waals surface area contributed by atoms with Crippen LogP contribution in [-0.4, -0.2) is 54.9 Å². The van der Waals surface area contributed by atoms with E-state index in [4.69, 9.17) is 16.3 Å². The second-order valence-electron chi connectivity index (χ2n) is 6.80. The molecule has 138 valence electrons. The monoisotopic (exact) mass is 366 g/mol. The number of amides is 2. The van der Waals surface area contributed by atoms with Gasteiger partial charge in [0.25, 0.3) is 0 Å². The van der Waals surface area contributed by atoms with Crippen molar-refractivity contribution in [3.8, 4) is 5.75 Å². The van der Waals surface area contributed by atoms with Gasteiger partial charge in [-0.25, -0.2) is 0 Å². The van der Waals surface area contributed by atoms with Crippen LogP contribution in [0.25, 0.3) is 0 Å². The lowest BCUT2D eigenvalue weighted by Crippen LogP contribution is -2.39. The predicted molar refractivity (Wildman–Crippen MR) is 99.1 cm³/mol. The largest absolute Gasteiger partial charge is 0.496 e. The summed E-state index contributed by atoms with van der Waals surface area (Å²) in [6.45, 7) is 8.26. The normalized spacial score (nSPS) is 15.3. The first-order valence-corrected chi connectivity index (χ1v) is 9.10. The lowest BCUT2D eigenvalue weighted by atomic mass is 10.1. The molecule has 0 spiro atoms. The fraction of sp³-hybridized carbons (Fsp3) is 0.579. The average molecular weight is 367 g/mol. The highest BCUT2D eigenvalue weighted by Gasteiger charge is 2.24. The van der Waals surface area contributed by atoms with E-state index in [2.05, 4.69) is 0 Å². The van der Waals surface area contributed by atoms with Crippen molar-refractivity contribution in [1.29, 1.82) is 0 Å². The lowest BCUT2D eigenvalue weighted by molar-refractivity contribution is -0.135. The zero-order valence-corrected chi connectivity index (χ0v) is 16.2. The first-order valence-electron chi connectivity index (χ1n) is 8.73. The SMILES string of the molecule is COc1cc(C)c(Cl)cc1CC(=O)N1CCCN(C(=O)C(C)C)CC1. The average Bonchev–Trinajstić information content (AvgIpc) is 2.83. The third-order valence-electron chi connectivity index (χ3n) is 4.56. The number of hydrogen-bond acceptors (Lipinski definition) is 3. The molecule has 1 aromatic rings. The van der Waals surface area contributed by atoms with Gasteiger partial charge in [-0.3, -0.25) is 9.59 Å². The number of halogens is 1. The fourth-order valence-corrected chi connectivity index (χ4v) is 3.24. The van der Waals surface area contributed by atoms with E-state index in [1.54, 1.807) is 13.2 Å². The van der Waals surface area contributed by atoms with Gasteiger partial charge < -0.3 is 14.5 Å². The van der Waals surface area contributed by atoms with Gasteiger partial charge in [-0.05, 0) is 31.0 Å². The molecule has 1 saturated heterocycles. The van der Waals surface area contributed by atoms with Crippen LogP contribution in [0.15, 0.2) is 12.1 Å². The van der Waals surface area contributed by atoms with Crippen molar-refractivity contribution >= 4 is 23.4 Å². The molecule has 1 fully saturated rings. The molecule has 0 aliphatic carbocycles. The van der Waals surface area contributed by atoms with E-state index in [0.717, 1.165) is 17.5 Å². The van der Waals surface area contributed by atoms with Crippen LogP contribution in [0.2, 0.25) is 5.02 Å². The minimum atomic E-state index is -0.0128. The topological polar surface area (TPSA) is 49.9 Å². The molecule has 0 radical (unpaired) electrons. The van der Waals surface area contributed by atoms with Crippen molar-refractivity contribution in [2.45, 2.75) is 33.6 Å². The van der Waals surface area contributed by atoms with Gasteiger partial charge >= 0.3 is 0 Å². The van der Waals surface area contributed by atoms with Crippen molar-refractivity contribution < 1.29 is 14.3 Å². The van der Waals surface area contributed by atoms with Gasteiger partial charge in [-0.1, -0.05) is 25.4 Å². The number of carbonyl (C=O) groups excluding carboxylic acids is 2. The van der Waals surface area contributed by atoms with Gasteiger partial charge in [0.1, 0.15) is 5.75 Å². The molecule has 1 heterocycles. The maximum atomic E-state index is 12.7. The van der Waals surface area contributed by atoms with Crippen LogP contribution in [-0.2, 0) is 16.0 Å². The molecule has 1 aromatic carbocycles. The second-order valence-corrected chi connectivity index (χ2v) is 7.21. The predicted octanol–water partition coefficient (Wildman–Crippen LogP) is 2.92. The van der Waals surface area contributed by atoms with Crippen LogP contribution in [0.4, 0.5) is 0 Å². The molecule has 0 saturated carbocycles. The Morgan fingerprint density at radius 3 is 2.44 bits per heavy atom. The highest BCUT2D eigenvalue weighted by atomic mass is 35.5. The molecule has 0 N–H and O–H groups in total. The Morgan fingerprint density at radius 1 is 1.16 bits per heavy atom. The van der Waals surface area contributed by atoms with Gasteiger partial charge in [-0.15, -0.1) is 0 Å². The zero-order valence-electron chi connectivity index (χ0n) is 15.5. The van der Waals surface area contributed by atoms with Crippen molar-refractivity contribution in [3.05, 3.63) is 28.3 Å². The molecule has 0 bridgehead atoms. The fourth-order valence-electron chi connectivity index (χ4n) is 3.05. The van der Waals surface area contributed by atoms with E-state index in [0.29, 0.717) is 37.0 Å². The Morgan fingerprint density at radius 2 is 1.80 bits per heavy atom. The highest BCUT2D eigenvalue weighted by Crippen LogP contribution is 2.27. The summed E-state index contributed by atoms with van der Waals surface area (Å²) in [5, 5.41) is 0.633. The van der Waals surface area contributed by atoms with E-state index < -0.39 is 0 Å². The molecule has 0 aromatic heterocycles. The van der Waals surface area contributed by atoms with Gasteiger partial charge in [0, 0.05) is 42.7 Å². The Kier molecular flexibility index (Phi) is 6.71. The molecule has 2 amide bonds. The number of methoxy groups -OCH3 is 1. The number of benzene rings is 1. The van der Waals surface area contributed by atoms with Crippen molar-refractivity contribution in [2.24, 2.45) is 5.92 Å². The quantitative estimate of drug-likeness (QED) is 0.823. The number of carbonyl (C=O) groups is 2. The van der Waals surface area contributed by atoms with E-state index >= 15 is 0 Å². The van der Waals surface area contributed by atoms with Gasteiger partial charge in [0.2, 0.25) is 11.8 Å². The molecule has 1 aliphatic heterocycles. The summed E-state index contributed by atoms with van der Waals surface area (Å²) in [5.41, 5.74) is 1.72. The number of rotatable bonds is 4. The van der Waals surface area contributed by atoms with E-state index in [9.17, 15) is 9.59 Å². The van der Waals surface area contributed by atoms with Crippen LogP contribution in [0.1, 0.15) is 31.4 Å². The summed E-state index contributed by atoms with van der Waals surface area (Å²) < 4.78 is 5.39. The van der Waals surface area contributed by atoms with Crippen LogP contribution >= 0.6 is 11.6 Å². The number of ether oxygens (including phenoxy) is 1. The van der Waals surface area contributed by atoms with Crippen molar-refractivity contribution in [3.63, 3.8) is 0 Å². The molecular formula is C19H27ClN2O3.